The van der Waals surface area contributed by atoms with E-state index in [0.29, 0.717) is 6.54 Å². The van der Waals surface area contributed by atoms with Crippen LogP contribution in [0, 0.1) is 0 Å². The summed E-state index contributed by atoms with van der Waals surface area (Å²) in [6.07, 6.45) is 4.99. The van der Waals surface area contributed by atoms with E-state index in [9.17, 15) is 9.59 Å². The number of urea groups is 1. The maximum atomic E-state index is 12.1. The quantitative estimate of drug-likeness (QED) is 0.760. The number of rotatable bonds is 4. The Morgan fingerprint density at radius 1 is 1.68 bits per heavy atom. The van der Waals surface area contributed by atoms with E-state index in [1.165, 1.54) is 0 Å². The number of carboxylic acids is 1. The summed E-state index contributed by atoms with van der Waals surface area (Å²) in [6.45, 7) is 2.48. The smallest absolute Gasteiger partial charge is 0.318 e. The summed E-state index contributed by atoms with van der Waals surface area (Å²) in [4.78, 5) is 24.5. The number of carbonyl (C=O) groups excluding carboxylic acids is 1. The zero-order valence-corrected chi connectivity index (χ0v) is 10.8. The molecule has 0 radical (unpaired) electrons. The van der Waals surface area contributed by atoms with Gasteiger partial charge in [0.15, 0.2) is 0 Å². The first-order valence-electron chi connectivity index (χ1n) is 6.35. The number of amides is 2. The summed E-state index contributed by atoms with van der Waals surface area (Å²) in [5.74, 6) is -0.868. The molecule has 3 N–H and O–H groups in total. The third kappa shape index (κ3) is 3.24. The van der Waals surface area contributed by atoms with E-state index in [1.54, 1.807) is 17.3 Å². The zero-order chi connectivity index (χ0) is 13.8. The SMILES string of the molecule is CC(NC(=O)N1CCCC1CC(=O)O)c1cn[nH]c1. The van der Waals surface area contributed by atoms with Gasteiger partial charge in [0.1, 0.15) is 0 Å². The Labute approximate surface area is 111 Å². The average molecular weight is 266 g/mol. The van der Waals surface area contributed by atoms with Crippen LogP contribution in [0.5, 0.6) is 0 Å². The Morgan fingerprint density at radius 2 is 2.47 bits per heavy atom. The van der Waals surface area contributed by atoms with Crippen LogP contribution in [0.3, 0.4) is 0 Å². The molecule has 1 saturated heterocycles. The average Bonchev–Trinajstić information content (AvgIpc) is 2.97. The Morgan fingerprint density at radius 3 is 3.11 bits per heavy atom. The van der Waals surface area contributed by atoms with Gasteiger partial charge in [-0.1, -0.05) is 0 Å². The molecule has 7 heteroatoms. The summed E-state index contributed by atoms with van der Waals surface area (Å²) in [5.41, 5.74) is 0.891. The van der Waals surface area contributed by atoms with Gasteiger partial charge in [-0.05, 0) is 19.8 Å². The van der Waals surface area contributed by atoms with Crippen molar-refractivity contribution in [3.05, 3.63) is 18.0 Å². The van der Waals surface area contributed by atoms with Gasteiger partial charge in [0, 0.05) is 24.3 Å². The molecule has 104 valence electrons. The first-order chi connectivity index (χ1) is 9.08. The standard InChI is InChI=1S/C12H18N4O3/c1-8(9-6-13-14-7-9)15-12(19)16-4-2-3-10(16)5-11(17)18/h6-8,10H,2-5H2,1H3,(H,13,14)(H,15,19)(H,17,18). The Kier molecular flexibility index (Phi) is 4.03. The summed E-state index contributed by atoms with van der Waals surface area (Å²) in [7, 11) is 0. The van der Waals surface area contributed by atoms with Crippen LogP contribution < -0.4 is 5.32 Å². The van der Waals surface area contributed by atoms with Crippen LogP contribution >= 0.6 is 0 Å². The fourth-order valence-corrected chi connectivity index (χ4v) is 2.37. The molecule has 0 bridgehead atoms. The van der Waals surface area contributed by atoms with Crippen LogP contribution in [0.1, 0.15) is 37.8 Å². The molecule has 0 aromatic carbocycles. The van der Waals surface area contributed by atoms with Crippen molar-refractivity contribution in [3.8, 4) is 0 Å². The molecule has 2 atom stereocenters. The fraction of sp³-hybridized carbons (Fsp3) is 0.583. The Balaban J connectivity index is 1.93. The lowest BCUT2D eigenvalue weighted by Crippen LogP contribution is -2.44. The topological polar surface area (TPSA) is 98.3 Å². The third-order valence-electron chi connectivity index (χ3n) is 3.41. The summed E-state index contributed by atoms with van der Waals surface area (Å²) in [6, 6.07) is -0.566. The highest BCUT2D eigenvalue weighted by Gasteiger charge is 2.30. The van der Waals surface area contributed by atoms with Gasteiger partial charge in [-0.2, -0.15) is 5.10 Å². The summed E-state index contributed by atoms with van der Waals surface area (Å²) in [5, 5.41) is 18.2. The zero-order valence-electron chi connectivity index (χ0n) is 10.8. The van der Waals surface area contributed by atoms with Crippen LogP contribution in [0.25, 0.3) is 0 Å². The lowest BCUT2D eigenvalue weighted by Gasteiger charge is -2.25. The second-order valence-corrected chi connectivity index (χ2v) is 4.79. The maximum Gasteiger partial charge on any atom is 0.318 e. The van der Waals surface area contributed by atoms with Crippen molar-refractivity contribution in [1.29, 1.82) is 0 Å². The van der Waals surface area contributed by atoms with Gasteiger partial charge in [-0.3, -0.25) is 9.89 Å². The number of hydrogen-bond donors (Lipinski definition) is 3. The molecule has 19 heavy (non-hydrogen) atoms. The normalized spacial score (nSPS) is 20.3. The lowest BCUT2D eigenvalue weighted by molar-refractivity contribution is -0.137. The largest absolute Gasteiger partial charge is 0.481 e. The van der Waals surface area contributed by atoms with Crippen molar-refractivity contribution >= 4 is 12.0 Å². The highest BCUT2D eigenvalue weighted by Crippen LogP contribution is 2.21. The molecular formula is C12H18N4O3. The predicted molar refractivity (Wildman–Crippen MR) is 67.5 cm³/mol. The molecule has 0 saturated carbocycles. The van der Waals surface area contributed by atoms with Crippen LogP contribution in [-0.2, 0) is 4.79 Å². The molecule has 7 nitrogen and oxygen atoms in total. The number of H-pyrrole nitrogens is 1. The van der Waals surface area contributed by atoms with E-state index >= 15 is 0 Å². The molecule has 1 aliphatic rings. The summed E-state index contributed by atoms with van der Waals surface area (Å²) < 4.78 is 0. The highest BCUT2D eigenvalue weighted by atomic mass is 16.4. The number of nitrogens with one attached hydrogen (secondary N) is 2. The van der Waals surface area contributed by atoms with Crippen LogP contribution in [-0.4, -0.2) is 44.8 Å². The van der Waals surface area contributed by atoms with Crippen LogP contribution in [0.4, 0.5) is 4.79 Å². The minimum Gasteiger partial charge on any atom is -0.481 e. The van der Waals surface area contributed by atoms with Crippen molar-refractivity contribution in [2.75, 3.05) is 6.54 Å². The Hall–Kier alpha value is -2.05. The predicted octanol–water partition coefficient (Wildman–Crippen LogP) is 1.12. The first kappa shape index (κ1) is 13.4. The number of likely N-dealkylation sites (tertiary alicyclic amines) is 1. The van der Waals surface area contributed by atoms with Crippen molar-refractivity contribution < 1.29 is 14.7 Å². The van der Waals surface area contributed by atoms with Gasteiger partial charge in [-0.25, -0.2) is 4.79 Å². The second-order valence-electron chi connectivity index (χ2n) is 4.79. The number of aromatic amines is 1. The number of aliphatic carboxylic acids is 1. The number of carboxylic acid groups (broad SMARTS) is 1. The summed E-state index contributed by atoms with van der Waals surface area (Å²) >= 11 is 0. The minimum absolute atomic E-state index is 0.00745. The molecule has 1 aromatic heterocycles. The molecule has 2 rings (SSSR count). The van der Waals surface area contributed by atoms with E-state index < -0.39 is 5.97 Å². The van der Waals surface area contributed by atoms with Crippen LogP contribution in [0.15, 0.2) is 12.4 Å². The van der Waals surface area contributed by atoms with E-state index in [0.717, 1.165) is 18.4 Å². The van der Waals surface area contributed by atoms with Gasteiger partial charge < -0.3 is 15.3 Å². The van der Waals surface area contributed by atoms with E-state index in [2.05, 4.69) is 15.5 Å². The van der Waals surface area contributed by atoms with E-state index in [1.807, 2.05) is 6.92 Å². The molecule has 2 heterocycles. The van der Waals surface area contributed by atoms with Crippen molar-refractivity contribution in [2.45, 2.75) is 38.3 Å². The highest BCUT2D eigenvalue weighted by molar-refractivity contribution is 5.76. The molecule has 1 fully saturated rings. The minimum atomic E-state index is -0.868. The van der Waals surface area contributed by atoms with Gasteiger partial charge in [0.05, 0.1) is 18.7 Å². The van der Waals surface area contributed by atoms with Crippen molar-refractivity contribution in [3.63, 3.8) is 0 Å². The van der Waals surface area contributed by atoms with Gasteiger partial charge in [0.2, 0.25) is 0 Å². The Bertz CT molecular complexity index is 446. The van der Waals surface area contributed by atoms with Crippen molar-refractivity contribution in [1.82, 2.24) is 20.4 Å². The third-order valence-corrected chi connectivity index (χ3v) is 3.41. The van der Waals surface area contributed by atoms with E-state index in [4.69, 9.17) is 5.11 Å². The molecule has 1 aromatic rings. The van der Waals surface area contributed by atoms with Gasteiger partial charge >= 0.3 is 12.0 Å². The number of hydrogen-bond acceptors (Lipinski definition) is 3. The maximum absolute atomic E-state index is 12.1. The fourth-order valence-electron chi connectivity index (χ4n) is 2.37. The molecular weight excluding hydrogens is 248 g/mol. The molecule has 2 unspecified atom stereocenters. The van der Waals surface area contributed by atoms with Gasteiger partial charge in [-0.15, -0.1) is 0 Å². The molecule has 1 aliphatic heterocycles. The van der Waals surface area contributed by atoms with Crippen LogP contribution in [0.2, 0.25) is 0 Å². The molecule has 0 spiro atoms. The molecule has 2 amide bonds. The van der Waals surface area contributed by atoms with E-state index in [-0.39, 0.29) is 24.5 Å². The second kappa shape index (κ2) is 5.73. The lowest BCUT2D eigenvalue weighted by atomic mass is 10.1. The molecule has 0 aliphatic carbocycles. The number of carbonyl (C=O) groups is 2. The van der Waals surface area contributed by atoms with Gasteiger partial charge in [0.25, 0.3) is 0 Å². The monoisotopic (exact) mass is 266 g/mol. The number of aromatic nitrogens is 2. The first-order valence-corrected chi connectivity index (χ1v) is 6.35. The number of nitrogens with zero attached hydrogens (tertiary/aromatic N) is 2. The van der Waals surface area contributed by atoms with Crippen molar-refractivity contribution in [2.24, 2.45) is 0 Å².